The van der Waals surface area contributed by atoms with Crippen LogP contribution < -0.4 is 11.0 Å². The van der Waals surface area contributed by atoms with Gasteiger partial charge in [0.05, 0.1) is 8.15 Å². The summed E-state index contributed by atoms with van der Waals surface area (Å²) in [6.07, 6.45) is 6.67. The average molecular weight is 279 g/mol. The van der Waals surface area contributed by atoms with E-state index in [1.807, 2.05) is 6.92 Å². The van der Waals surface area contributed by atoms with E-state index in [2.05, 4.69) is 30.9 Å². The van der Waals surface area contributed by atoms with Gasteiger partial charge < -0.3 is 10.3 Å². The van der Waals surface area contributed by atoms with Crippen molar-refractivity contribution >= 4 is 13.5 Å². The fourth-order valence-electron chi connectivity index (χ4n) is 2.94. The quantitative estimate of drug-likeness (QED) is 0.828. The van der Waals surface area contributed by atoms with Crippen molar-refractivity contribution in [3.8, 4) is 0 Å². The largest absolute Gasteiger partial charge is 0.355 e. The molecule has 1 aromatic carbocycles. The molecule has 2 nitrogen and oxygen atoms in total. The Kier molecular flexibility index (Phi) is 5.81. The van der Waals surface area contributed by atoms with E-state index in [9.17, 15) is 0 Å². The molecule has 2 rings (SSSR count). The Morgan fingerprint density at radius 1 is 1.21 bits per heavy atom. The lowest BCUT2D eigenvalue weighted by Gasteiger charge is -2.28. The first kappa shape index (κ1) is 15.0. The molecule has 1 aliphatic carbocycles. The van der Waals surface area contributed by atoms with E-state index in [1.165, 1.54) is 43.0 Å². The first-order chi connectivity index (χ1) is 9.22. The third-order valence-corrected chi connectivity index (χ3v) is 5.79. The second-order valence-corrected chi connectivity index (χ2v) is 7.20. The summed E-state index contributed by atoms with van der Waals surface area (Å²) < 4.78 is 5.68. The highest BCUT2D eigenvalue weighted by atomic mass is 31.1. The Labute approximate surface area is 118 Å². The second kappa shape index (κ2) is 7.38. The molecule has 0 saturated heterocycles. The summed E-state index contributed by atoms with van der Waals surface area (Å²) in [4.78, 5) is 0. The minimum atomic E-state index is -0.463. The summed E-state index contributed by atoms with van der Waals surface area (Å²) in [6, 6.07) is 9.00. The van der Waals surface area contributed by atoms with Crippen LogP contribution in [-0.4, -0.2) is 13.3 Å². The van der Waals surface area contributed by atoms with E-state index in [1.54, 1.807) is 0 Å². The van der Waals surface area contributed by atoms with E-state index in [0.717, 1.165) is 6.61 Å². The van der Waals surface area contributed by atoms with Gasteiger partial charge in [-0.15, -0.1) is 0 Å². The van der Waals surface area contributed by atoms with Crippen molar-refractivity contribution in [3.05, 3.63) is 29.8 Å². The second-order valence-electron chi connectivity index (χ2n) is 5.43. The molecule has 1 aromatic rings. The first-order valence-corrected chi connectivity index (χ1v) is 9.15. The third kappa shape index (κ3) is 4.02. The fourth-order valence-corrected chi connectivity index (χ4v) is 4.05. The van der Waals surface area contributed by atoms with Crippen LogP contribution in [0.3, 0.4) is 0 Å². The lowest BCUT2D eigenvalue weighted by atomic mass is 9.81. The number of benzene rings is 1. The lowest BCUT2D eigenvalue weighted by molar-refractivity contribution is 0.308. The molecule has 0 spiro atoms. The van der Waals surface area contributed by atoms with Gasteiger partial charge in [-0.1, -0.05) is 43.5 Å². The molecule has 2 atom stereocenters. The van der Waals surface area contributed by atoms with Gasteiger partial charge in [-0.05, 0) is 37.9 Å². The number of nitrogens with two attached hydrogens (primary N) is 1. The summed E-state index contributed by atoms with van der Waals surface area (Å²) in [5.41, 5.74) is 7.72. The molecular weight excluding hydrogens is 253 g/mol. The normalized spacial score (nSPS) is 20.2. The maximum atomic E-state index is 6.43. The Morgan fingerprint density at radius 2 is 1.84 bits per heavy atom. The molecule has 19 heavy (non-hydrogen) atoms. The maximum Gasteiger partial charge on any atom is 0.0571 e. The van der Waals surface area contributed by atoms with Crippen LogP contribution in [0.4, 0.5) is 0 Å². The molecule has 0 heterocycles. The van der Waals surface area contributed by atoms with E-state index >= 15 is 0 Å². The van der Waals surface area contributed by atoms with Gasteiger partial charge in [0.1, 0.15) is 0 Å². The smallest absolute Gasteiger partial charge is 0.0571 e. The summed E-state index contributed by atoms with van der Waals surface area (Å²) in [5.74, 6) is 0.676. The van der Waals surface area contributed by atoms with Gasteiger partial charge in [0.2, 0.25) is 0 Å². The van der Waals surface area contributed by atoms with Crippen LogP contribution in [0.25, 0.3) is 0 Å². The molecule has 1 fully saturated rings. The van der Waals surface area contributed by atoms with Crippen LogP contribution in [0.2, 0.25) is 0 Å². The molecule has 1 saturated carbocycles. The Morgan fingerprint density at radius 3 is 2.42 bits per heavy atom. The monoisotopic (exact) mass is 279 g/mol. The van der Waals surface area contributed by atoms with Crippen molar-refractivity contribution in [3.63, 3.8) is 0 Å². The lowest BCUT2D eigenvalue weighted by Crippen LogP contribution is -2.23. The van der Waals surface area contributed by atoms with Crippen LogP contribution in [0, 0.1) is 5.92 Å². The highest BCUT2D eigenvalue weighted by Gasteiger charge is 2.21. The van der Waals surface area contributed by atoms with Gasteiger partial charge in [-0.3, -0.25) is 0 Å². The number of rotatable bonds is 5. The predicted octanol–water partition coefficient (Wildman–Crippen LogP) is 3.96. The highest BCUT2D eigenvalue weighted by Crippen LogP contribution is 2.34. The van der Waals surface area contributed by atoms with E-state index in [0.29, 0.717) is 5.92 Å². The predicted molar refractivity (Wildman–Crippen MR) is 84.0 cm³/mol. The van der Waals surface area contributed by atoms with Crippen molar-refractivity contribution in [1.29, 1.82) is 0 Å². The fraction of sp³-hybridized carbons (Fsp3) is 0.625. The summed E-state index contributed by atoms with van der Waals surface area (Å²) in [6.45, 7) is 4.99. The number of hydrogen-bond acceptors (Lipinski definition) is 2. The Hall–Kier alpha value is -0.430. The number of hydrogen-bond donors (Lipinski definition) is 1. The molecule has 3 heteroatoms. The van der Waals surface area contributed by atoms with Crippen molar-refractivity contribution in [2.75, 3.05) is 13.3 Å². The van der Waals surface area contributed by atoms with Gasteiger partial charge in [0.25, 0.3) is 0 Å². The maximum absolute atomic E-state index is 6.43. The molecule has 0 radical (unpaired) electrons. The summed E-state index contributed by atoms with van der Waals surface area (Å²) in [5, 5.41) is 1.30. The first-order valence-electron chi connectivity index (χ1n) is 7.44. The van der Waals surface area contributed by atoms with Gasteiger partial charge in [0, 0.05) is 18.0 Å². The molecule has 1 aliphatic rings. The summed E-state index contributed by atoms with van der Waals surface area (Å²) >= 11 is 0. The molecular formula is C16H26NOP. The van der Waals surface area contributed by atoms with E-state index in [4.69, 9.17) is 10.3 Å². The topological polar surface area (TPSA) is 35.2 Å². The third-order valence-electron chi connectivity index (χ3n) is 4.12. The molecule has 2 unspecified atom stereocenters. The van der Waals surface area contributed by atoms with Crippen LogP contribution >= 0.6 is 8.15 Å². The Balaban J connectivity index is 2.00. The van der Waals surface area contributed by atoms with Crippen LogP contribution in [0.5, 0.6) is 0 Å². The molecule has 0 aromatic heterocycles. The molecule has 2 N–H and O–H groups in total. The van der Waals surface area contributed by atoms with Gasteiger partial charge >= 0.3 is 0 Å². The highest BCUT2D eigenvalue weighted by molar-refractivity contribution is 7.60. The average Bonchev–Trinajstić information content (AvgIpc) is 2.48. The minimum absolute atomic E-state index is 0.213. The van der Waals surface area contributed by atoms with E-state index < -0.39 is 8.15 Å². The SMILES string of the molecule is CCOP(C)c1ccc(C(N)C2CCCCC2)cc1. The van der Waals surface area contributed by atoms with Crippen LogP contribution in [0.1, 0.15) is 50.6 Å². The zero-order valence-electron chi connectivity index (χ0n) is 12.1. The summed E-state index contributed by atoms with van der Waals surface area (Å²) in [7, 11) is -0.463. The van der Waals surface area contributed by atoms with Gasteiger partial charge in [0.15, 0.2) is 0 Å². The zero-order valence-corrected chi connectivity index (χ0v) is 13.0. The van der Waals surface area contributed by atoms with Gasteiger partial charge in [-0.25, -0.2) is 0 Å². The molecule has 0 bridgehead atoms. The zero-order chi connectivity index (χ0) is 13.7. The van der Waals surface area contributed by atoms with Gasteiger partial charge in [-0.2, -0.15) is 0 Å². The standard InChI is InChI=1S/C16H26NOP/c1-3-18-19(2)15-11-9-14(10-12-15)16(17)13-7-5-4-6-8-13/h9-13,16H,3-8,17H2,1-2H3. The molecule has 0 aliphatic heterocycles. The minimum Gasteiger partial charge on any atom is -0.355 e. The van der Waals surface area contributed by atoms with Crippen LogP contribution in [0.15, 0.2) is 24.3 Å². The molecule has 106 valence electrons. The Bertz CT molecular complexity index is 373. The molecule has 0 amide bonds. The van der Waals surface area contributed by atoms with Crippen molar-refractivity contribution < 1.29 is 4.52 Å². The van der Waals surface area contributed by atoms with Crippen molar-refractivity contribution in [2.45, 2.75) is 45.1 Å². The van der Waals surface area contributed by atoms with Crippen LogP contribution in [-0.2, 0) is 4.52 Å². The van der Waals surface area contributed by atoms with Crippen molar-refractivity contribution in [1.82, 2.24) is 0 Å². The van der Waals surface area contributed by atoms with Crippen molar-refractivity contribution in [2.24, 2.45) is 11.7 Å². The van der Waals surface area contributed by atoms with E-state index in [-0.39, 0.29) is 6.04 Å².